The fraction of sp³-hybridized carbons (Fsp3) is 0.515. The van der Waals surface area contributed by atoms with Crippen LogP contribution >= 0.6 is 0 Å². The van der Waals surface area contributed by atoms with Gasteiger partial charge >= 0.3 is 0 Å². The largest absolute Gasteiger partial charge is 0.0871 e. The van der Waals surface area contributed by atoms with Gasteiger partial charge in [0.1, 0.15) is 0 Å². The predicted octanol–water partition coefficient (Wildman–Crippen LogP) is 9.61. The topological polar surface area (TPSA) is 0 Å². The Morgan fingerprint density at radius 1 is 0.697 bits per heavy atom. The zero-order valence-corrected chi connectivity index (χ0v) is 21.1. The summed E-state index contributed by atoms with van der Waals surface area (Å²) < 4.78 is 0. The number of benzene rings is 2. The number of unbranched alkanes of at least 4 members (excludes halogenated alkanes) is 5. The number of rotatable bonds is 11. The van der Waals surface area contributed by atoms with Crippen LogP contribution in [0.2, 0.25) is 0 Å². The third-order valence-electron chi connectivity index (χ3n) is 7.35. The van der Waals surface area contributed by atoms with E-state index in [1.54, 1.807) is 0 Å². The van der Waals surface area contributed by atoms with Crippen molar-refractivity contribution >= 4 is 6.08 Å². The maximum Gasteiger partial charge on any atom is 0.0249 e. The number of allylic oxidation sites excluding steroid dienone is 1. The molecule has 0 amide bonds. The molecule has 1 saturated carbocycles. The first kappa shape index (κ1) is 25.4. The van der Waals surface area contributed by atoms with Crippen LogP contribution in [0.15, 0.2) is 54.6 Å². The van der Waals surface area contributed by atoms with E-state index in [-0.39, 0.29) is 0 Å². The highest BCUT2D eigenvalue weighted by molar-refractivity contribution is 5.52. The summed E-state index contributed by atoms with van der Waals surface area (Å²) in [6, 6.07) is 17.4. The lowest BCUT2D eigenvalue weighted by atomic mass is 9.77. The van der Waals surface area contributed by atoms with Crippen molar-refractivity contribution in [2.45, 2.75) is 97.3 Å². The molecule has 0 N–H and O–H groups in total. The minimum Gasteiger partial charge on any atom is -0.0871 e. The summed E-state index contributed by atoms with van der Waals surface area (Å²) in [7, 11) is 0. The minimum atomic E-state index is 0.941. The third-order valence-corrected chi connectivity index (χ3v) is 7.35. The Morgan fingerprint density at radius 3 is 1.85 bits per heavy atom. The van der Waals surface area contributed by atoms with Gasteiger partial charge in [0.2, 0.25) is 0 Å². The van der Waals surface area contributed by atoms with Gasteiger partial charge in [-0.25, -0.2) is 0 Å². The summed E-state index contributed by atoms with van der Waals surface area (Å²) >= 11 is 0. The molecule has 0 aromatic heterocycles. The molecular formula is C33H44. The average Bonchev–Trinajstić information content (AvgIpc) is 2.86. The highest BCUT2D eigenvalue weighted by Gasteiger charge is 2.20. The minimum absolute atomic E-state index is 0.941. The van der Waals surface area contributed by atoms with Gasteiger partial charge in [0.25, 0.3) is 0 Å². The van der Waals surface area contributed by atoms with Gasteiger partial charge in [-0.3, -0.25) is 0 Å². The molecule has 2 aromatic rings. The number of hydrogen-bond acceptors (Lipinski definition) is 0. The Morgan fingerprint density at radius 2 is 1.24 bits per heavy atom. The van der Waals surface area contributed by atoms with Gasteiger partial charge in [0.05, 0.1) is 0 Å². The average molecular weight is 441 g/mol. The van der Waals surface area contributed by atoms with Crippen LogP contribution in [0.1, 0.15) is 113 Å². The Hall–Kier alpha value is -2.26. The van der Waals surface area contributed by atoms with E-state index in [1.165, 1.54) is 94.6 Å². The quantitative estimate of drug-likeness (QED) is 0.241. The number of hydrogen-bond donors (Lipinski definition) is 0. The maximum atomic E-state index is 3.31. The molecule has 176 valence electrons. The van der Waals surface area contributed by atoms with E-state index >= 15 is 0 Å². The van der Waals surface area contributed by atoms with Crippen molar-refractivity contribution < 1.29 is 0 Å². The first-order chi connectivity index (χ1) is 16.3. The van der Waals surface area contributed by atoms with Crippen LogP contribution in [0.5, 0.6) is 0 Å². The molecule has 1 fully saturated rings. The highest BCUT2D eigenvalue weighted by atomic mass is 14.3. The maximum absolute atomic E-state index is 3.31. The molecule has 1 aliphatic carbocycles. The molecule has 2 aromatic carbocycles. The zero-order valence-electron chi connectivity index (χ0n) is 21.1. The van der Waals surface area contributed by atoms with Crippen molar-refractivity contribution in [1.29, 1.82) is 0 Å². The smallest absolute Gasteiger partial charge is 0.0249 e. The van der Waals surface area contributed by atoms with Gasteiger partial charge in [-0.05, 0) is 67.0 Å². The molecule has 3 rings (SSSR count). The Bertz CT molecular complexity index is 864. The van der Waals surface area contributed by atoms with Gasteiger partial charge in [-0.15, -0.1) is 0 Å². The zero-order chi connectivity index (χ0) is 23.1. The molecule has 33 heavy (non-hydrogen) atoms. The molecule has 0 atom stereocenters. The number of aryl methyl sites for hydroxylation is 1. The predicted molar refractivity (Wildman–Crippen MR) is 145 cm³/mol. The fourth-order valence-corrected chi connectivity index (χ4v) is 5.16. The summed E-state index contributed by atoms with van der Waals surface area (Å²) in [4.78, 5) is 0. The molecule has 0 nitrogen and oxygen atoms in total. The van der Waals surface area contributed by atoms with Gasteiger partial charge in [-0.2, -0.15) is 0 Å². The molecule has 0 spiro atoms. The summed E-state index contributed by atoms with van der Waals surface area (Å²) in [5.41, 5.74) is 4.86. The second-order valence-electron chi connectivity index (χ2n) is 10.1. The lowest BCUT2D eigenvalue weighted by molar-refractivity contribution is 0.248. The molecule has 0 radical (unpaired) electrons. The van der Waals surface area contributed by atoms with E-state index in [1.807, 2.05) is 6.92 Å². The van der Waals surface area contributed by atoms with Crippen LogP contribution in [0.3, 0.4) is 0 Å². The van der Waals surface area contributed by atoms with Gasteiger partial charge in [0.15, 0.2) is 0 Å². The van der Waals surface area contributed by atoms with Crippen LogP contribution in [-0.2, 0) is 6.42 Å². The van der Waals surface area contributed by atoms with Crippen molar-refractivity contribution in [1.82, 2.24) is 0 Å². The molecule has 0 unspecified atom stereocenters. The van der Waals surface area contributed by atoms with E-state index in [0.29, 0.717) is 0 Å². The lowest BCUT2D eigenvalue weighted by Gasteiger charge is -2.28. The Kier molecular flexibility index (Phi) is 11.4. The molecule has 0 heterocycles. The molecule has 0 aliphatic heterocycles. The van der Waals surface area contributed by atoms with Gasteiger partial charge < -0.3 is 0 Å². The molecule has 0 heteroatoms. The van der Waals surface area contributed by atoms with Crippen LogP contribution in [-0.4, -0.2) is 0 Å². The van der Waals surface area contributed by atoms with Crippen LogP contribution in [0.25, 0.3) is 6.08 Å². The van der Waals surface area contributed by atoms with E-state index < -0.39 is 0 Å². The van der Waals surface area contributed by atoms with Gasteiger partial charge in [-0.1, -0.05) is 126 Å². The van der Waals surface area contributed by atoms with E-state index in [2.05, 4.69) is 79.4 Å². The van der Waals surface area contributed by atoms with Crippen LogP contribution in [0.4, 0.5) is 0 Å². The fourth-order valence-electron chi connectivity index (χ4n) is 5.16. The second-order valence-corrected chi connectivity index (χ2v) is 10.1. The van der Waals surface area contributed by atoms with E-state index in [4.69, 9.17) is 0 Å². The first-order valence-corrected chi connectivity index (χ1v) is 13.6. The van der Waals surface area contributed by atoms with Crippen molar-refractivity contribution in [3.8, 4) is 11.8 Å². The van der Waals surface area contributed by atoms with Crippen molar-refractivity contribution in [2.24, 2.45) is 11.8 Å². The standard InChI is InChI=1S/C33H44/c1-3-5-6-7-8-9-11-29-14-18-31(19-15-29)21-23-33-26-24-32(25-27-33)22-20-30-16-12-28(10-4-2)13-17-30/h4,10,12-13,16-17,24-27,29,31H,3,5-9,11,14-15,18-19,21,23H2,1-2H3/b10-4+. The summed E-state index contributed by atoms with van der Waals surface area (Å²) in [5, 5.41) is 0. The van der Waals surface area contributed by atoms with Crippen LogP contribution in [0, 0.1) is 23.7 Å². The molecule has 1 aliphatic rings. The second kappa shape index (κ2) is 14.8. The van der Waals surface area contributed by atoms with Crippen molar-refractivity contribution in [3.63, 3.8) is 0 Å². The monoisotopic (exact) mass is 440 g/mol. The first-order valence-electron chi connectivity index (χ1n) is 13.6. The lowest BCUT2D eigenvalue weighted by Crippen LogP contribution is -2.15. The highest BCUT2D eigenvalue weighted by Crippen LogP contribution is 2.34. The Balaban J connectivity index is 1.34. The molecular weight excluding hydrogens is 396 g/mol. The summed E-state index contributed by atoms with van der Waals surface area (Å²) in [5.74, 6) is 8.56. The Labute approximate surface area is 203 Å². The van der Waals surface area contributed by atoms with E-state index in [9.17, 15) is 0 Å². The van der Waals surface area contributed by atoms with Crippen LogP contribution < -0.4 is 0 Å². The summed E-state index contributed by atoms with van der Waals surface area (Å²) in [6.45, 7) is 4.34. The molecule has 0 bridgehead atoms. The van der Waals surface area contributed by atoms with Crippen molar-refractivity contribution in [3.05, 3.63) is 76.9 Å². The van der Waals surface area contributed by atoms with Gasteiger partial charge in [0, 0.05) is 11.1 Å². The SMILES string of the molecule is C/C=C/c1ccc(C#Cc2ccc(CCC3CCC(CCCCCCCC)CC3)cc2)cc1. The molecule has 0 saturated heterocycles. The summed E-state index contributed by atoms with van der Waals surface area (Å²) in [6.07, 6.45) is 22.7. The third kappa shape index (κ3) is 9.63. The van der Waals surface area contributed by atoms with Crippen molar-refractivity contribution in [2.75, 3.05) is 0 Å². The van der Waals surface area contributed by atoms with E-state index in [0.717, 1.165) is 23.0 Å². The normalized spacial score (nSPS) is 18.2.